The summed E-state index contributed by atoms with van der Waals surface area (Å²) in [7, 11) is 1.43. The van der Waals surface area contributed by atoms with E-state index in [2.05, 4.69) is 22.1 Å². The second-order valence-electron chi connectivity index (χ2n) is 6.03. The molecule has 1 aliphatic heterocycles. The Kier molecular flexibility index (Phi) is 10.1. The number of nitrogens with one attached hydrogen (secondary N) is 1. The topological polar surface area (TPSA) is 63.2 Å². The van der Waals surface area contributed by atoms with E-state index in [1.165, 1.54) is 7.11 Å². The van der Waals surface area contributed by atoms with E-state index in [0.717, 1.165) is 19.0 Å². The highest BCUT2D eigenvalue weighted by Gasteiger charge is 2.36. The normalized spacial score (nSPS) is 19.7. The number of methoxy groups -OCH3 is 1. The molecule has 1 aliphatic rings. The average molecular weight is 496 g/mol. The average Bonchev–Trinajstić information content (AvgIpc) is 3.00. The third-order valence-corrected chi connectivity index (χ3v) is 4.51. The molecule has 1 fully saturated rings. The molecule has 1 aromatic rings. The molecule has 0 bridgehead atoms. The molecule has 1 aromatic carbocycles. The van der Waals surface area contributed by atoms with E-state index in [1.807, 2.05) is 25.1 Å². The maximum Gasteiger partial charge on any atom is 0.310 e. The molecule has 0 aliphatic carbocycles. The summed E-state index contributed by atoms with van der Waals surface area (Å²) in [5.41, 5.74) is 0. The molecule has 0 spiro atoms. The maximum absolute atomic E-state index is 11.9. The van der Waals surface area contributed by atoms with E-state index >= 15 is 0 Å². The van der Waals surface area contributed by atoms with Gasteiger partial charge in [-0.1, -0.05) is 30.7 Å². The van der Waals surface area contributed by atoms with Crippen LogP contribution in [0.3, 0.4) is 0 Å². The molecule has 26 heavy (non-hydrogen) atoms. The zero-order chi connectivity index (χ0) is 18.2. The predicted molar refractivity (Wildman–Crippen MR) is 115 cm³/mol. The van der Waals surface area contributed by atoms with Gasteiger partial charge in [-0.2, -0.15) is 0 Å². The highest BCUT2D eigenvalue weighted by atomic mass is 127. The van der Waals surface area contributed by atoms with E-state index in [-0.39, 0.29) is 41.8 Å². The van der Waals surface area contributed by atoms with Gasteiger partial charge < -0.3 is 19.7 Å². The summed E-state index contributed by atoms with van der Waals surface area (Å²) in [5, 5.41) is 3.87. The number of halogens is 2. The summed E-state index contributed by atoms with van der Waals surface area (Å²) < 4.78 is 10.6. The third-order valence-electron chi connectivity index (χ3n) is 4.20. The van der Waals surface area contributed by atoms with Crippen LogP contribution in [0.2, 0.25) is 5.02 Å². The molecular formula is C18H27ClIN3O3. The van der Waals surface area contributed by atoms with Crippen LogP contribution in [0, 0.1) is 11.8 Å². The molecule has 1 saturated heterocycles. The van der Waals surface area contributed by atoms with Gasteiger partial charge in [-0.3, -0.25) is 4.79 Å². The van der Waals surface area contributed by atoms with Crippen molar-refractivity contribution in [3.63, 3.8) is 0 Å². The van der Waals surface area contributed by atoms with E-state index in [0.29, 0.717) is 30.5 Å². The highest BCUT2D eigenvalue weighted by Crippen LogP contribution is 2.24. The van der Waals surface area contributed by atoms with Crippen LogP contribution in [-0.4, -0.2) is 56.7 Å². The number of rotatable bonds is 6. The number of carbonyl (C=O) groups excluding carboxylic acids is 1. The van der Waals surface area contributed by atoms with Crippen molar-refractivity contribution >= 4 is 47.5 Å². The molecule has 2 atom stereocenters. The first-order valence-electron chi connectivity index (χ1n) is 8.55. The Bertz CT molecular complexity index is 615. The van der Waals surface area contributed by atoms with Gasteiger partial charge in [0.1, 0.15) is 12.4 Å². The van der Waals surface area contributed by atoms with Crippen LogP contribution < -0.4 is 10.1 Å². The van der Waals surface area contributed by atoms with Crippen molar-refractivity contribution in [3.05, 3.63) is 29.3 Å². The second-order valence-corrected chi connectivity index (χ2v) is 6.43. The number of nitrogens with zero attached hydrogens (tertiary/aromatic N) is 2. The smallest absolute Gasteiger partial charge is 0.310 e. The van der Waals surface area contributed by atoms with Gasteiger partial charge in [-0.05, 0) is 25.0 Å². The summed E-state index contributed by atoms with van der Waals surface area (Å²) in [5.74, 6) is 1.41. The summed E-state index contributed by atoms with van der Waals surface area (Å²) in [4.78, 5) is 18.6. The Morgan fingerprint density at radius 2 is 2.12 bits per heavy atom. The molecule has 2 rings (SSSR count). The number of likely N-dealkylation sites (tertiary alicyclic amines) is 1. The van der Waals surface area contributed by atoms with Crippen molar-refractivity contribution in [1.82, 2.24) is 10.2 Å². The van der Waals surface area contributed by atoms with Gasteiger partial charge in [0.2, 0.25) is 0 Å². The number of hydrogen-bond donors (Lipinski definition) is 1. The molecule has 1 heterocycles. The molecule has 0 radical (unpaired) electrons. The summed E-state index contributed by atoms with van der Waals surface area (Å²) >= 11 is 6.07. The number of hydrogen-bond acceptors (Lipinski definition) is 4. The van der Waals surface area contributed by atoms with Crippen molar-refractivity contribution in [3.8, 4) is 5.75 Å². The number of benzene rings is 1. The molecule has 1 N–H and O–H groups in total. The van der Waals surface area contributed by atoms with Crippen LogP contribution in [0.1, 0.15) is 13.8 Å². The minimum absolute atomic E-state index is 0. The van der Waals surface area contributed by atoms with Gasteiger partial charge in [0.05, 0.1) is 24.6 Å². The van der Waals surface area contributed by atoms with Crippen molar-refractivity contribution in [2.24, 2.45) is 16.8 Å². The molecule has 8 heteroatoms. The predicted octanol–water partition coefficient (Wildman–Crippen LogP) is 3.04. The van der Waals surface area contributed by atoms with Crippen molar-refractivity contribution in [2.75, 3.05) is 39.9 Å². The van der Waals surface area contributed by atoms with Crippen molar-refractivity contribution in [1.29, 1.82) is 0 Å². The van der Waals surface area contributed by atoms with Crippen LogP contribution in [-0.2, 0) is 9.53 Å². The Hall–Kier alpha value is -1.22. The van der Waals surface area contributed by atoms with Gasteiger partial charge in [0, 0.05) is 19.6 Å². The van der Waals surface area contributed by atoms with Gasteiger partial charge in [0.25, 0.3) is 0 Å². The van der Waals surface area contributed by atoms with Crippen LogP contribution in [0.25, 0.3) is 0 Å². The van der Waals surface area contributed by atoms with Crippen LogP contribution in [0.15, 0.2) is 29.3 Å². The lowest BCUT2D eigenvalue weighted by molar-refractivity contribution is -0.145. The number of guanidine groups is 1. The fraction of sp³-hybridized carbons (Fsp3) is 0.556. The number of esters is 1. The first-order chi connectivity index (χ1) is 12.1. The summed E-state index contributed by atoms with van der Waals surface area (Å²) in [6, 6.07) is 7.37. The Morgan fingerprint density at radius 3 is 2.77 bits per heavy atom. The van der Waals surface area contributed by atoms with E-state index in [1.54, 1.807) is 6.07 Å². The minimum atomic E-state index is -0.159. The highest BCUT2D eigenvalue weighted by molar-refractivity contribution is 14.0. The lowest BCUT2D eigenvalue weighted by atomic mass is 9.99. The maximum atomic E-state index is 11.9. The van der Waals surface area contributed by atoms with Crippen LogP contribution in [0.4, 0.5) is 0 Å². The molecule has 0 amide bonds. The number of ether oxygens (including phenoxy) is 2. The Morgan fingerprint density at radius 1 is 1.38 bits per heavy atom. The van der Waals surface area contributed by atoms with Gasteiger partial charge >= 0.3 is 5.97 Å². The second kappa shape index (κ2) is 11.5. The van der Waals surface area contributed by atoms with E-state index < -0.39 is 0 Å². The number of aliphatic imine (C=N–C) groups is 1. The quantitative estimate of drug-likeness (QED) is 0.216. The third kappa shape index (κ3) is 6.19. The van der Waals surface area contributed by atoms with Gasteiger partial charge in [-0.15, -0.1) is 24.0 Å². The van der Waals surface area contributed by atoms with Crippen LogP contribution in [0.5, 0.6) is 5.75 Å². The Balaban J connectivity index is 0.00000338. The lowest BCUT2D eigenvalue weighted by Crippen LogP contribution is -2.41. The number of para-hydroxylation sites is 1. The van der Waals surface area contributed by atoms with Gasteiger partial charge in [0.15, 0.2) is 5.96 Å². The van der Waals surface area contributed by atoms with Crippen molar-refractivity contribution in [2.45, 2.75) is 13.8 Å². The molecular weight excluding hydrogens is 469 g/mol. The monoisotopic (exact) mass is 495 g/mol. The molecule has 2 unspecified atom stereocenters. The van der Waals surface area contributed by atoms with Gasteiger partial charge in [-0.25, -0.2) is 4.99 Å². The summed E-state index contributed by atoms with van der Waals surface area (Å²) in [6.07, 6.45) is 0. The SMILES string of the molecule is CCNC(=NCCOc1ccccc1Cl)N1CC(C)C(C(=O)OC)C1.I. The summed E-state index contributed by atoms with van der Waals surface area (Å²) in [6.45, 7) is 7.17. The van der Waals surface area contributed by atoms with E-state index in [4.69, 9.17) is 21.1 Å². The molecule has 0 saturated carbocycles. The number of carbonyl (C=O) groups is 1. The van der Waals surface area contributed by atoms with Crippen molar-refractivity contribution < 1.29 is 14.3 Å². The Labute approximate surface area is 177 Å². The van der Waals surface area contributed by atoms with E-state index in [9.17, 15) is 4.79 Å². The zero-order valence-electron chi connectivity index (χ0n) is 15.4. The molecule has 146 valence electrons. The first kappa shape index (κ1) is 22.8. The fourth-order valence-corrected chi connectivity index (χ4v) is 3.08. The molecule has 6 nitrogen and oxygen atoms in total. The fourth-order valence-electron chi connectivity index (χ4n) is 2.89. The molecule has 0 aromatic heterocycles. The zero-order valence-corrected chi connectivity index (χ0v) is 18.5. The standard InChI is InChI=1S/C18H26ClN3O3.HI/c1-4-20-18(22-11-13(2)14(12-22)17(23)24-3)21-9-10-25-16-8-6-5-7-15(16)19;/h5-8,13-14H,4,9-12H2,1-3H3,(H,20,21);1H. The van der Waals surface area contributed by atoms with Crippen LogP contribution >= 0.6 is 35.6 Å². The largest absolute Gasteiger partial charge is 0.490 e. The first-order valence-corrected chi connectivity index (χ1v) is 8.93. The minimum Gasteiger partial charge on any atom is -0.490 e. The lowest BCUT2D eigenvalue weighted by Gasteiger charge is -2.21.